The van der Waals surface area contributed by atoms with E-state index in [1.807, 2.05) is 13.8 Å². The van der Waals surface area contributed by atoms with E-state index in [9.17, 15) is 9.59 Å². The van der Waals surface area contributed by atoms with Gasteiger partial charge < -0.3 is 14.9 Å². The second kappa shape index (κ2) is 11.0. The zero-order valence-electron chi connectivity index (χ0n) is 13.9. The summed E-state index contributed by atoms with van der Waals surface area (Å²) in [5, 5.41) is 15.5. The zero-order valence-corrected chi connectivity index (χ0v) is 14.7. The summed E-state index contributed by atoms with van der Waals surface area (Å²) in [6.45, 7) is 6.16. The number of anilines is 1. The number of halogens is 1. The van der Waals surface area contributed by atoms with Gasteiger partial charge in [-0.25, -0.2) is 0 Å². The van der Waals surface area contributed by atoms with Crippen LogP contribution >= 0.6 is 12.4 Å². The van der Waals surface area contributed by atoms with Crippen molar-refractivity contribution in [2.45, 2.75) is 52.5 Å². The van der Waals surface area contributed by atoms with Gasteiger partial charge in [0, 0.05) is 6.07 Å². The first kappa shape index (κ1) is 21.4. The fourth-order valence-electron chi connectivity index (χ4n) is 2.32. The van der Waals surface area contributed by atoms with Crippen molar-refractivity contribution in [1.82, 2.24) is 10.1 Å². The Balaban J connectivity index is 0.00000484. The van der Waals surface area contributed by atoms with Crippen LogP contribution in [-0.4, -0.2) is 46.2 Å². The molecule has 0 bridgehead atoms. The van der Waals surface area contributed by atoms with Crippen molar-refractivity contribution in [2.75, 3.05) is 18.4 Å². The van der Waals surface area contributed by atoms with Gasteiger partial charge in [-0.3, -0.25) is 14.5 Å². The lowest BCUT2D eigenvalue weighted by Crippen LogP contribution is -2.46. The second-order valence-electron chi connectivity index (χ2n) is 5.33. The van der Waals surface area contributed by atoms with E-state index in [0.29, 0.717) is 24.5 Å². The standard InChI is InChI=1S/C15H25N3O4.ClH/c1-4-6-7-12(18(8-5-2)10-14(19)20)15(21)16-13-9-11(3)22-17-13;/h9,12H,4-8,10H2,1-3H3,(H,19,20)(H,16,17,21);1H. The Kier molecular flexibility index (Phi) is 10.2. The summed E-state index contributed by atoms with van der Waals surface area (Å²) in [5.41, 5.74) is 0. The molecule has 2 N–H and O–H groups in total. The normalized spacial score (nSPS) is 11.8. The molecule has 8 heteroatoms. The first-order valence-electron chi connectivity index (χ1n) is 7.67. The van der Waals surface area contributed by atoms with E-state index < -0.39 is 12.0 Å². The lowest BCUT2D eigenvalue weighted by molar-refractivity contribution is -0.139. The van der Waals surface area contributed by atoms with Crippen LogP contribution in [0, 0.1) is 6.92 Å². The summed E-state index contributed by atoms with van der Waals surface area (Å²) in [6, 6.07) is 1.16. The molecule has 0 saturated carbocycles. The molecule has 0 aromatic carbocycles. The third-order valence-corrected chi connectivity index (χ3v) is 3.30. The molecule has 0 radical (unpaired) electrons. The Morgan fingerprint density at radius 3 is 2.57 bits per heavy atom. The van der Waals surface area contributed by atoms with E-state index in [1.165, 1.54) is 0 Å². The maximum atomic E-state index is 12.5. The molecule has 0 fully saturated rings. The highest BCUT2D eigenvalue weighted by atomic mass is 35.5. The van der Waals surface area contributed by atoms with E-state index in [0.717, 1.165) is 19.3 Å². The quantitative estimate of drug-likeness (QED) is 0.675. The van der Waals surface area contributed by atoms with Crippen LogP contribution in [0.3, 0.4) is 0 Å². The van der Waals surface area contributed by atoms with Crippen molar-refractivity contribution < 1.29 is 19.2 Å². The van der Waals surface area contributed by atoms with Gasteiger partial charge in [-0.05, 0) is 26.3 Å². The van der Waals surface area contributed by atoms with Crippen molar-refractivity contribution in [3.63, 3.8) is 0 Å². The highest BCUT2D eigenvalue weighted by molar-refractivity contribution is 5.94. The third kappa shape index (κ3) is 7.47. The molecule has 132 valence electrons. The predicted molar refractivity (Wildman–Crippen MR) is 89.9 cm³/mol. The molecule has 1 amide bonds. The predicted octanol–water partition coefficient (Wildman–Crippen LogP) is 2.70. The van der Waals surface area contributed by atoms with Crippen molar-refractivity contribution in [1.29, 1.82) is 0 Å². The Morgan fingerprint density at radius 1 is 1.39 bits per heavy atom. The molecule has 7 nitrogen and oxygen atoms in total. The molecule has 0 aliphatic carbocycles. The van der Waals surface area contributed by atoms with Crippen LogP contribution in [0.4, 0.5) is 5.82 Å². The molecule has 1 atom stereocenters. The average molecular weight is 348 g/mol. The summed E-state index contributed by atoms with van der Waals surface area (Å²) < 4.78 is 4.93. The van der Waals surface area contributed by atoms with Crippen LogP contribution in [0.15, 0.2) is 10.6 Å². The van der Waals surface area contributed by atoms with Crippen LogP contribution in [0.1, 0.15) is 45.3 Å². The number of aromatic nitrogens is 1. The smallest absolute Gasteiger partial charge is 0.317 e. The molecule has 1 heterocycles. The van der Waals surface area contributed by atoms with E-state index in [4.69, 9.17) is 9.63 Å². The molecular formula is C15H26ClN3O4. The van der Waals surface area contributed by atoms with Gasteiger partial charge in [0.1, 0.15) is 5.76 Å². The van der Waals surface area contributed by atoms with E-state index in [1.54, 1.807) is 17.9 Å². The Morgan fingerprint density at radius 2 is 2.09 bits per heavy atom. The molecule has 1 unspecified atom stereocenters. The Hall–Kier alpha value is -1.60. The number of carboxylic acids is 1. The number of hydrogen-bond donors (Lipinski definition) is 2. The van der Waals surface area contributed by atoms with Crippen LogP contribution < -0.4 is 5.32 Å². The van der Waals surface area contributed by atoms with Gasteiger partial charge in [-0.15, -0.1) is 12.4 Å². The number of hydrogen-bond acceptors (Lipinski definition) is 5. The first-order chi connectivity index (χ1) is 10.5. The lowest BCUT2D eigenvalue weighted by Gasteiger charge is -2.28. The third-order valence-electron chi connectivity index (χ3n) is 3.30. The molecule has 0 saturated heterocycles. The van der Waals surface area contributed by atoms with Crippen molar-refractivity contribution >= 4 is 30.1 Å². The second-order valence-corrected chi connectivity index (χ2v) is 5.33. The summed E-state index contributed by atoms with van der Waals surface area (Å²) in [4.78, 5) is 25.3. The molecule has 23 heavy (non-hydrogen) atoms. The summed E-state index contributed by atoms with van der Waals surface area (Å²) in [5.74, 6) is -0.205. The van der Waals surface area contributed by atoms with Crippen LogP contribution in [0.5, 0.6) is 0 Å². The number of aryl methyl sites for hydroxylation is 1. The highest BCUT2D eigenvalue weighted by Crippen LogP contribution is 2.14. The summed E-state index contributed by atoms with van der Waals surface area (Å²) >= 11 is 0. The zero-order chi connectivity index (χ0) is 16.5. The fourth-order valence-corrected chi connectivity index (χ4v) is 2.32. The maximum Gasteiger partial charge on any atom is 0.317 e. The van der Waals surface area contributed by atoms with E-state index >= 15 is 0 Å². The van der Waals surface area contributed by atoms with Crippen molar-refractivity contribution in [3.8, 4) is 0 Å². The van der Waals surface area contributed by atoms with Gasteiger partial charge in [0.15, 0.2) is 5.82 Å². The van der Waals surface area contributed by atoms with Gasteiger partial charge in [0.25, 0.3) is 0 Å². The molecular weight excluding hydrogens is 322 g/mol. The van der Waals surface area contributed by atoms with Gasteiger partial charge in [0.2, 0.25) is 5.91 Å². The van der Waals surface area contributed by atoms with Crippen LogP contribution in [0.2, 0.25) is 0 Å². The number of nitrogens with zero attached hydrogens (tertiary/aromatic N) is 2. The molecule has 1 aromatic heterocycles. The minimum atomic E-state index is -0.931. The number of rotatable bonds is 10. The molecule has 1 aromatic rings. The molecule has 0 spiro atoms. The monoisotopic (exact) mass is 347 g/mol. The number of carboxylic acid groups (broad SMARTS) is 1. The highest BCUT2D eigenvalue weighted by Gasteiger charge is 2.27. The van der Waals surface area contributed by atoms with Crippen molar-refractivity contribution in [2.24, 2.45) is 0 Å². The number of carbonyl (C=O) groups is 2. The number of unbranched alkanes of at least 4 members (excludes halogenated alkanes) is 1. The van der Waals surface area contributed by atoms with Gasteiger partial charge in [-0.2, -0.15) is 0 Å². The first-order valence-corrected chi connectivity index (χ1v) is 7.67. The lowest BCUT2D eigenvalue weighted by atomic mass is 10.1. The largest absolute Gasteiger partial charge is 0.480 e. The average Bonchev–Trinajstić information content (AvgIpc) is 2.84. The Bertz CT molecular complexity index is 493. The number of aliphatic carboxylic acids is 1. The molecule has 0 aliphatic rings. The number of amides is 1. The summed E-state index contributed by atoms with van der Waals surface area (Å²) in [7, 11) is 0. The molecule has 1 rings (SSSR count). The summed E-state index contributed by atoms with van der Waals surface area (Å²) in [6.07, 6.45) is 3.20. The topological polar surface area (TPSA) is 95.7 Å². The molecule has 0 aliphatic heterocycles. The number of carbonyl (C=O) groups excluding carboxylic acids is 1. The number of nitrogens with one attached hydrogen (secondary N) is 1. The van der Waals surface area contributed by atoms with E-state index in [2.05, 4.69) is 10.5 Å². The van der Waals surface area contributed by atoms with Crippen LogP contribution in [0.25, 0.3) is 0 Å². The minimum Gasteiger partial charge on any atom is -0.480 e. The van der Waals surface area contributed by atoms with E-state index in [-0.39, 0.29) is 24.9 Å². The fraction of sp³-hybridized carbons (Fsp3) is 0.667. The maximum absolute atomic E-state index is 12.5. The minimum absolute atomic E-state index is 0. The van der Waals surface area contributed by atoms with Gasteiger partial charge in [0.05, 0.1) is 12.6 Å². The van der Waals surface area contributed by atoms with Gasteiger partial charge in [-0.1, -0.05) is 31.8 Å². The van der Waals surface area contributed by atoms with Crippen molar-refractivity contribution in [3.05, 3.63) is 11.8 Å². The SMILES string of the molecule is CCCCC(C(=O)Nc1cc(C)on1)N(CCC)CC(=O)O.Cl. The van der Waals surface area contributed by atoms with Gasteiger partial charge >= 0.3 is 5.97 Å². The van der Waals surface area contributed by atoms with Crippen LogP contribution in [-0.2, 0) is 9.59 Å². The Labute approximate surface area is 142 Å².